The Morgan fingerprint density at radius 3 is 2.45 bits per heavy atom. The van der Waals surface area contributed by atoms with Crippen LogP contribution in [0, 0.1) is 6.92 Å². The van der Waals surface area contributed by atoms with Crippen LogP contribution in [0.1, 0.15) is 34.7 Å². The molecule has 12 nitrogen and oxygen atoms in total. The number of nitrogens with two attached hydrogens (primary N) is 1. The molecule has 2 aromatic heterocycles. The summed E-state index contributed by atoms with van der Waals surface area (Å²) in [6, 6.07) is 5.23. The highest BCUT2D eigenvalue weighted by atomic mass is 16.4. The lowest BCUT2D eigenvalue weighted by Gasteiger charge is -2.19. The van der Waals surface area contributed by atoms with Gasteiger partial charge >= 0.3 is 11.9 Å². The van der Waals surface area contributed by atoms with E-state index >= 15 is 0 Å². The molecule has 0 unspecified atom stereocenters. The number of nitrogens with one attached hydrogen (secondary N) is 1. The standard InChI is InChI=1S/C21H23N7O5/c1-11-24-18(22)17-19(25-11)23-9-13(26-17)10-28(2)14-5-3-12(4-6-14)20(31)27-15(21(32)33)7-8-16(29)30/h3-6,9,15H,7-8,10H2,1-2H3,(H,27,31)(H,29,30)(H,32,33)(H2,22,23,24,25)/t15-/m0/s1. The molecule has 0 aliphatic carbocycles. The maximum absolute atomic E-state index is 12.4. The summed E-state index contributed by atoms with van der Waals surface area (Å²) >= 11 is 0. The SMILES string of the molecule is Cc1nc(N)c2nc(CN(C)c3ccc(C(=O)N[C@@H](CCC(=O)O)C(=O)O)cc3)cnc2n1. The minimum absolute atomic E-state index is 0.209. The van der Waals surface area contributed by atoms with Crippen LogP contribution in [0.15, 0.2) is 30.5 Å². The number of carboxylic acids is 2. The summed E-state index contributed by atoms with van der Waals surface area (Å²) in [6.45, 7) is 2.12. The van der Waals surface area contributed by atoms with Gasteiger partial charge in [-0.15, -0.1) is 0 Å². The average Bonchev–Trinajstić information content (AvgIpc) is 2.76. The van der Waals surface area contributed by atoms with Gasteiger partial charge in [-0.1, -0.05) is 0 Å². The number of aromatic nitrogens is 4. The Morgan fingerprint density at radius 1 is 1.12 bits per heavy atom. The number of fused-ring (bicyclic) bond motifs is 1. The van der Waals surface area contributed by atoms with Gasteiger partial charge < -0.3 is 26.2 Å². The van der Waals surface area contributed by atoms with Crippen molar-refractivity contribution in [3.8, 4) is 0 Å². The second kappa shape index (κ2) is 9.85. The monoisotopic (exact) mass is 453 g/mol. The summed E-state index contributed by atoms with van der Waals surface area (Å²) in [6.07, 6.45) is 1.03. The molecule has 1 atom stereocenters. The second-order valence-corrected chi connectivity index (χ2v) is 7.39. The summed E-state index contributed by atoms with van der Waals surface area (Å²) in [5, 5.41) is 20.3. The van der Waals surface area contributed by atoms with Crippen LogP contribution in [-0.2, 0) is 16.1 Å². The van der Waals surface area contributed by atoms with Crippen LogP contribution in [0.3, 0.4) is 0 Å². The molecule has 1 amide bonds. The molecule has 0 fully saturated rings. The van der Waals surface area contributed by atoms with Gasteiger partial charge in [0.25, 0.3) is 5.91 Å². The van der Waals surface area contributed by atoms with Crippen molar-refractivity contribution in [3.05, 3.63) is 47.5 Å². The molecule has 0 aliphatic heterocycles. The van der Waals surface area contributed by atoms with Crippen molar-refractivity contribution >= 4 is 40.5 Å². The normalized spacial score (nSPS) is 11.7. The highest BCUT2D eigenvalue weighted by Gasteiger charge is 2.21. The zero-order valence-electron chi connectivity index (χ0n) is 18.0. The average molecular weight is 453 g/mol. The number of rotatable bonds is 9. The molecule has 12 heteroatoms. The number of nitrogens with zero attached hydrogens (tertiary/aromatic N) is 5. The highest BCUT2D eigenvalue weighted by Crippen LogP contribution is 2.18. The van der Waals surface area contributed by atoms with Gasteiger partial charge in [0.15, 0.2) is 17.0 Å². The van der Waals surface area contributed by atoms with Gasteiger partial charge in [-0.3, -0.25) is 9.59 Å². The molecule has 33 heavy (non-hydrogen) atoms. The third-order valence-corrected chi connectivity index (χ3v) is 4.82. The zero-order chi connectivity index (χ0) is 24.1. The number of aryl methyl sites for hydroxylation is 1. The van der Waals surface area contributed by atoms with Crippen LogP contribution in [0.25, 0.3) is 11.2 Å². The van der Waals surface area contributed by atoms with Gasteiger partial charge in [-0.2, -0.15) is 0 Å². The highest BCUT2D eigenvalue weighted by molar-refractivity contribution is 5.97. The van der Waals surface area contributed by atoms with Gasteiger partial charge in [0.1, 0.15) is 11.9 Å². The zero-order valence-corrected chi connectivity index (χ0v) is 18.0. The minimum Gasteiger partial charge on any atom is -0.481 e. The molecular formula is C21H23N7O5. The van der Waals surface area contributed by atoms with Gasteiger partial charge in [-0.25, -0.2) is 24.7 Å². The van der Waals surface area contributed by atoms with E-state index in [0.717, 1.165) is 5.69 Å². The minimum atomic E-state index is -1.29. The summed E-state index contributed by atoms with van der Waals surface area (Å²) in [4.78, 5) is 53.3. The van der Waals surface area contributed by atoms with Crippen molar-refractivity contribution < 1.29 is 24.6 Å². The van der Waals surface area contributed by atoms with Gasteiger partial charge in [0, 0.05) is 24.7 Å². The van der Waals surface area contributed by atoms with Crippen LogP contribution in [0.5, 0.6) is 0 Å². The Morgan fingerprint density at radius 2 is 1.82 bits per heavy atom. The fourth-order valence-electron chi connectivity index (χ4n) is 3.12. The van der Waals surface area contributed by atoms with Gasteiger partial charge in [0.2, 0.25) is 0 Å². The largest absolute Gasteiger partial charge is 0.481 e. The first-order valence-corrected chi connectivity index (χ1v) is 9.96. The molecule has 0 spiro atoms. The van der Waals surface area contributed by atoms with E-state index in [1.165, 1.54) is 0 Å². The summed E-state index contributed by atoms with van der Waals surface area (Å²) in [5.74, 6) is -2.26. The van der Waals surface area contributed by atoms with Crippen LogP contribution >= 0.6 is 0 Å². The van der Waals surface area contributed by atoms with Crippen LogP contribution in [0.4, 0.5) is 11.5 Å². The number of carbonyl (C=O) groups is 3. The maximum Gasteiger partial charge on any atom is 0.326 e. The number of carboxylic acid groups (broad SMARTS) is 2. The number of nitrogen functional groups attached to an aromatic ring is 1. The summed E-state index contributed by atoms with van der Waals surface area (Å²) in [7, 11) is 1.84. The quantitative estimate of drug-likeness (QED) is 0.362. The number of carbonyl (C=O) groups excluding carboxylic acids is 1. The smallest absolute Gasteiger partial charge is 0.326 e. The van der Waals surface area contributed by atoms with Crippen molar-refractivity contribution in [1.29, 1.82) is 0 Å². The van der Waals surface area contributed by atoms with Crippen molar-refractivity contribution in [2.45, 2.75) is 32.4 Å². The van der Waals surface area contributed by atoms with Crippen molar-refractivity contribution in [2.75, 3.05) is 17.7 Å². The second-order valence-electron chi connectivity index (χ2n) is 7.39. The molecule has 3 aromatic rings. The molecule has 2 heterocycles. The fourth-order valence-corrected chi connectivity index (χ4v) is 3.12. The molecule has 3 rings (SSSR count). The van der Waals surface area contributed by atoms with Crippen LogP contribution in [0.2, 0.25) is 0 Å². The lowest BCUT2D eigenvalue weighted by Crippen LogP contribution is -2.41. The molecular weight excluding hydrogens is 430 g/mol. The number of hydrogen-bond donors (Lipinski definition) is 4. The number of aliphatic carboxylic acids is 2. The molecule has 0 saturated carbocycles. The van der Waals surface area contributed by atoms with E-state index in [-0.39, 0.29) is 24.2 Å². The van der Waals surface area contributed by atoms with E-state index in [2.05, 4.69) is 25.3 Å². The first kappa shape index (κ1) is 23.3. The van der Waals surface area contributed by atoms with Gasteiger partial charge in [-0.05, 0) is 37.6 Å². The van der Waals surface area contributed by atoms with Crippen LogP contribution in [-0.4, -0.2) is 61.1 Å². The molecule has 172 valence electrons. The first-order chi connectivity index (χ1) is 15.6. The molecule has 5 N–H and O–H groups in total. The molecule has 0 saturated heterocycles. The Balaban J connectivity index is 1.67. The number of anilines is 2. The van der Waals surface area contributed by atoms with E-state index in [1.54, 1.807) is 37.4 Å². The van der Waals surface area contributed by atoms with E-state index in [4.69, 9.17) is 10.8 Å². The van der Waals surface area contributed by atoms with E-state index in [0.29, 0.717) is 29.2 Å². The molecule has 0 radical (unpaired) electrons. The summed E-state index contributed by atoms with van der Waals surface area (Å²) in [5.41, 5.74) is 8.45. The third-order valence-electron chi connectivity index (χ3n) is 4.82. The third kappa shape index (κ3) is 5.87. The van der Waals surface area contributed by atoms with Crippen molar-refractivity contribution in [3.63, 3.8) is 0 Å². The number of benzene rings is 1. The lowest BCUT2D eigenvalue weighted by molar-refractivity contribution is -0.140. The molecule has 0 bridgehead atoms. The predicted octanol–water partition coefficient (Wildman–Crippen LogP) is 0.995. The Hall–Kier alpha value is -4.35. The first-order valence-electron chi connectivity index (χ1n) is 9.96. The Labute approximate surface area is 188 Å². The molecule has 1 aromatic carbocycles. The van der Waals surface area contributed by atoms with Crippen LogP contribution < -0.4 is 16.0 Å². The van der Waals surface area contributed by atoms with E-state index < -0.39 is 23.9 Å². The van der Waals surface area contributed by atoms with E-state index in [9.17, 15) is 19.5 Å². The van der Waals surface area contributed by atoms with E-state index in [1.807, 2.05) is 11.9 Å². The summed E-state index contributed by atoms with van der Waals surface area (Å²) < 4.78 is 0. The number of hydrogen-bond acceptors (Lipinski definition) is 9. The Bertz CT molecular complexity index is 1200. The fraction of sp³-hybridized carbons (Fsp3) is 0.286. The number of amides is 1. The predicted molar refractivity (Wildman–Crippen MR) is 119 cm³/mol. The topological polar surface area (TPSA) is 185 Å². The maximum atomic E-state index is 12.4. The lowest BCUT2D eigenvalue weighted by atomic mass is 10.1. The Kier molecular flexibility index (Phi) is 6.96. The molecule has 0 aliphatic rings. The van der Waals surface area contributed by atoms with Crippen molar-refractivity contribution in [1.82, 2.24) is 25.3 Å². The van der Waals surface area contributed by atoms with Gasteiger partial charge in [0.05, 0.1) is 18.4 Å². The van der Waals surface area contributed by atoms with Crippen molar-refractivity contribution in [2.24, 2.45) is 0 Å².